The largest absolute Gasteiger partial charge is 0.491 e. The lowest BCUT2D eigenvalue weighted by Crippen LogP contribution is -2.32. The van der Waals surface area contributed by atoms with Crippen molar-refractivity contribution in [2.24, 2.45) is 0 Å². The number of hydrogen-bond acceptors (Lipinski definition) is 10. The molecule has 1 N–H and O–H groups in total. The van der Waals surface area contributed by atoms with Crippen molar-refractivity contribution in [1.29, 1.82) is 5.26 Å². The van der Waals surface area contributed by atoms with Gasteiger partial charge in [0.2, 0.25) is 0 Å². The van der Waals surface area contributed by atoms with Gasteiger partial charge in [-0.25, -0.2) is 9.59 Å². The third-order valence-corrected chi connectivity index (χ3v) is 6.32. The fourth-order valence-electron chi connectivity index (χ4n) is 4.29. The number of nitrogens with zero attached hydrogens (tertiary/aromatic N) is 2. The average molecular weight is 534 g/mol. The van der Waals surface area contributed by atoms with E-state index in [9.17, 15) is 25.0 Å². The molecule has 0 aromatic heterocycles. The monoisotopic (exact) mass is 533 g/mol. The molecule has 0 spiro atoms. The number of benzene rings is 2. The molecule has 0 bridgehead atoms. The van der Waals surface area contributed by atoms with Gasteiger partial charge in [-0.2, -0.15) is 5.26 Å². The number of nitro benzene ring substituents is 1. The second kappa shape index (κ2) is 12.2. The lowest BCUT2D eigenvalue weighted by atomic mass is 9.80. The van der Waals surface area contributed by atoms with Crippen molar-refractivity contribution >= 4 is 17.6 Å². The fourth-order valence-corrected chi connectivity index (χ4v) is 4.29. The summed E-state index contributed by atoms with van der Waals surface area (Å²) in [6.07, 6.45) is 1.36. The Balaban J connectivity index is 1.48. The molecule has 4 rings (SSSR count). The van der Waals surface area contributed by atoms with Crippen LogP contribution in [0.5, 0.6) is 5.75 Å². The first-order valence-corrected chi connectivity index (χ1v) is 12.3. The molecule has 1 saturated heterocycles. The van der Waals surface area contributed by atoms with Gasteiger partial charge in [0.05, 0.1) is 42.3 Å². The first-order valence-electron chi connectivity index (χ1n) is 12.3. The topological polar surface area (TPSA) is 153 Å². The predicted molar refractivity (Wildman–Crippen MR) is 137 cm³/mol. The summed E-state index contributed by atoms with van der Waals surface area (Å²) in [6.45, 7) is 2.93. The van der Waals surface area contributed by atoms with E-state index in [0.29, 0.717) is 25.1 Å². The van der Waals surface area contributed by atoms with Gasteiger partial charge in [0, 0.05) is 17.8 Å². The molecule has 2 unspecified atom stereocenters. The van der Waals surface area contributed by atoms with Crippen LogP contribution in [-0.4, -0.2) is 49.9 Å². The summed E-state index contributed by atoms with van der Waals surface area (Å²) < 4.78 is 21.2. The van der Waals surface area contributed by atoms with Crippen LogP contribution < -0.4 is 10.1 Å². The van der Waals surface area contributed by atoms with Crippen LogP contribution in [0.15, 0.2) is 71.1 Å². The zero-order valence-corrected chi connectivity index (χ0v) is 21.5. The molecule has 11 heteroatoms. The molecular weight excluding hydrogens is 506 g/mol. The zero-order valence-electron chi connectivity index (χ0n) is 21.5. The highest BCUT2D eigenvalue weighted by Crippen LogP contribution is 2.40. The number of epoxide rings is 1. The number of allylic oxidation sites excluding steroid dienone is 2. The van der Waals surface area contributed by atoms with Crippen LogP contribution in [0.2, 0.25) is 0 Å². The van der Waals surface area contributed by atoms with Crippen LogP contribution in [0, 0.1) is 21.4 Å². The predicted octanol–water partition coefficient (Wildman–Crippen LogP) is 3.46. The molecule has 0 amide bonds. The zero-order chi connectivity index (χ0) is 27.9. The second-order valence-corrected chi connectivity index (χ2v) is 8.99. The maximum absolute atomic E-state index is 13.3. The van der Waals surface area contributed by atoms with Gasteiger partial charge < -0.3 is 24.3 Å². The number of non-ortho nitro benzene ring substituents is 1. The number of nitrogens with one attached hydrogen (secondary N) is 1. The molecule has 0 radical (unpaired) electrons. The van der Waals surface area contributed by atoms with Gasteiger partial charge in [-0.05, 0) is 43.0 Å². The van der Waals surface area contributed by atoms with Gasteiger partial charge in [-0.3, -0.25) is 10.1 Å². The summed E-state index contributed by atoms with van der Waals surface area (Å²) in [7, 11) is 1.15. The summed E-state index contributed by atoms with van der Waals surface area (Å²) >= 11 is 0. The van der Waals surface area contributed by atoms with Crippen LogP contribution in [0.1, 0.15) is 30.4 Å². The van der Waals surface area contributed by atoms with Crippen molar-refractivity contribution in [1.82, 2.24) is 5.32 Å². The van der Waals surface area contributed by atoms with Crippen LogP contribution >= 0.6 is 0 Å². The summed E-state index contributed by atoms with van der Waals surface area (Å²) in [4.78, 5) is 36.9. The summed E-state index contributed by atoms with van der Waals surface area (Å²) in [6, 6.07) is 15.1. The molecule has 2 aliphatic heterocycles. The minimum atomic E-state index is -1.10. The molecule has 2 heterocycles. The molecule has 39 heavy (non-hydrogen) atoms. The SMILES string of the molecule is COC(=O)C1=C(C#N)NC(C)=C(C(=O)OCCCc2ccc(OCC3CO3)cc2)C1c1cccc([N+](=O)[O-])c1. The van der Waals surface area contributed by atoms with Crippen molar-refractivity contribution < 1.29 is 33.5 Å². The number of aryl methyl sites for hydroxylation is 1. The Morgan fingerprint density at radius 3 is 2.56 bits per heavy atom. The van der Waals surface area contributed by atoms with Gasteiger partial charge in [0.25, 0.3) is 5.69 Å². The number of hydrogen-bond donors (Lipinski definition) is 1. The number of carbonyl (C=O) groups is 2. The Morgan fingerprint density at radius 1 is 1.18 bits per heavy atom. The molecule has 202 valence electrons. The lowest BCUT2D eigenvalue weighted by molar-refractivity contribution is -0.384. The maximum Gasteiger partial charge on any atom is 0.337 e. The minimum Gasteiger partial charge on any atom is -0.491 e. The third-order valence-electron chi connectivity index (χ3n) is 6.32. The van der Waals surface area contributed by atoms with Gasteiger partial charge in [-0.1, -0.05) is 24.3 Å². The number of methoxy groups -OCH3 is 1. The Kier molecular flexibility index (Phi) is 8.58. The van der Waals surface area contributed by atoms with Crippen LogP contribution in [-0.2, 0) is 30.2 Å². The van der Waals surface area contributed by atoms with Crippen molar-refractivity contribution in [3.8, 4) is 11.8 Å². The number of nitriles is 1. The molecule has 2 aromatic carbocycles. The molecular formula is C28H27N3O8. The molecule has 2 atom stereocenters. The van der Waals surface area contributed by atoms with Crippen LogP contribution in [0.4, 0.5) is 5.69 Å². The van der Waals surface area contributed by atoms with Gasteiger partial charge in [0.15, 0.2) is 0 Å². The number of ether oxygens (including phenoxy) is 4. The molecule has 0 saturated carbocycles. The Morgan fingerprint density at radius 2 is 1.92 bits per heavy atom. The number of carbonyl (C=O) groups excluding carboxylic acids is 2. The second-order valence-electron chi connectivity index (χ2n) is 8.99. The first kappa shape index (κ1) is 27.3. The Labute approximate surface area is 224 Å². The molecule has 1 fully saturated rings. The smallest absolute Gasteiger partial charge is 0.337 e. The third kappa shape index (κ3) is 6.61. The molecule has 2 aromatic rings. The van der Waals surface area contributed by atoms with Crippen molar-refractivity contribution in [3.05, 3.63) is 92.3 Å². The standard InChI is InChI=1S/C28H27N3O8/c1-17-24(28(33)37-12-4-5-18-8-10-21(11-9-18)38-15-22-16-39-22)25(19-6-3-7-20(13-19)31(34)35)26(27(32)36-2)23(14-29)30-17/h3,6-11,13,22,25,30H,4-5,12,15-16H2,1-2H3. The van der Waals surface area contributed by atoms with E-state index in [0.717, 1.165) is 25.0 Å². The summed E-state index contributed by atoms with van der Waals surface area (Å²) in [5, 5.41) is 23.9. The van der Waals surface area contributed by atoms with Crippen LogP contribution in [0.25, 0.3) is 0 Å². The molecule has 0 aliphatic carbocycles. The normalized spacial score (nSPS) is 18.1. The lowest BCUT2D eigenvalue weighted by Gasteiger charge is -2.29. The number of rotatable bonds is 11. The summed E-state index contributed by atoms with van der Waals surface area (Å²) in [5.41, 5.74) is 1.22. The quantitative estimate of drug-likeness (QED) is 0.149. The Hall–Kier alpha value is -4.69. The number of nitro groups is 1. The highest BCUT2D eigenvalue weighted by atomic mass is 16.6. The van der Waals surface area contributed by atoms with E-state index in [4.69, 9.17) is 18.9 Å². The van der Waals surface area contributed by atoms with E-state index in [1.807, 2.05) is 30.3 Å². The fraction of sp³-hybridized carbons (Fsp3) is 0.321. The minimum absolute atomic E-state index is 0.0658. The van der Waals surface area contributed by atoms with Gasteiger partial charge >= 0.3 is 11.9 Å². The Bertz CT molecular complexity index is 1370. The first-order chi connectivity index (χ1) is 18.8. The maximum atomic E-state index is 13.3. The van der Waals surface area contributed by atoms with E-state index >= 15 is 0 Å². The molecule has 11 nitrogen and oxygen atoms in total. The number of esters is 2. The van der Waals surface area contributed by atoms with E-state index in [-0.39, 0.29) is 40.8 Å². The highest BCUT2D eigenvalue weighted by molar-refractivity contribution is 6.00. The van der Waals surface area contributed by atoms with E-state index < -0.39 is 22.8 Å². The van der Waals surface area contributed by atoms with Crippen molar-refractivity contribution in [3.63, 3.8) is 0 Å². The van der Waals surface area contributed by atoms with E-state index in [1.165, 1.54) is 18.2 Å². The van der Waals surface area contributed by atoms with Crippen LogP contribution in [0.3, 0.4) is 0 Å². The average Bonchev–Trinajstić information content (AvgIpc) is 3.78. The summed E-state index contributed by atoms with van der Waals surface area (Å²) in [5.74, 6) is -1.90. The number of dihydropyridines is 1. The van der Waals surface area contributed by atoms with Crippen molar-refractivity contribution in [2.45, 2.75) is 31.8 Å². The van der Waals surface area contributed by atoms with Crippen molar-refractivity contribution in [2.75, 3.05) is 26.9 Å². The van der Waals surface area contributed by atoms with E-state index in [2.05, 4.69) is 5.32 Å². The highest BCUT2D eigenvalue weighted by Gasteiger charge is 2.39. The molecule has 2 aliphatic rings. The van der Waals surface area contributed by atoms with Gasteiger partial charge in [0.1, 0.15) is 30.2 Å². The van der Waals surface area contributed by atoms with Gasteiger partial charge in [-0.15, -0.1) is 0 Å². The van der Waals surface area contributed by atoms with E-state index in [1.54, 1.807) is 13.0 Å².